The van der Waals surface area contributed by atoms with Crippen LogP contribution in [0.4, 0.5) is 0 Å². The first kappa shape index (κ1) is 10.1. The van der Waals surface area contributed by atoms with E-state index in [0.29, 0.717) is 0 Å². The first-order valence-corrected chi connectivity index (χ1v) is 5.11. The fourth-order valence-electron chi connectivity index (χ4n) is 2.34. The quantitative estimate of drug-likeness (QED) is 0.679. The standard InChI is InChI=1S/C10H13NO4/c1-5(4-8(12)13)11-9(14)6-2-3-7(6)10(11)15/h5-7H,2-4H2,1H3,(H,12,13). The van der Waals surface area contributed by atoms with Crippen LogP contribution in [0.25, 0.3) is 0 Å². The van der Waals surface area contributed by atoms with Crippen LogP contribution >= 0.6 is 0 Å². The average molecular weight is 211 g/mol. The lowest BCUT2D eigenvalue weighted by Gasteiger charge is -2.24. The van der Waals surface area contributed by atoms with Gasteiger partial charge in [0.2, 0.25) is 11.8 Å². The van der Waals surface area contributed by atoms with Gasteiger partial charge in [-0.05, 0) is 19.8 Å². The molecule has 0 aromatic heterocycles. The Hall–Kier alpha value is -1.39. The second kappa shape index (κ2) is 3.32. The van der Waals surface area contributed by atoms with Gasteiger partial charge in [-0.25, -0.2) is 0 Å². The molecule has 0 aromatic carbocycles. The summed E-state index contributed by atoms with van der Waals surface area (Å²) in [5, 5.41) is 8.61. The lowest BCUT2D eigenvalue weighted by molar-refractivity contribution is -0.144. The van der Waals surface area contributed by atoms with Crippen LogP contribution < -0.4 is 0 Å². The number of carbonyl (C=O) groups is 3. The molecule has 1 saturated heterocycles. The Morgan fingerprint density at radius 3 is 2.20 bits per heavy atom. The summed E-state index contributed by atoms with van der Waals surface area (Å²) in [5.41, 5.74) is 0. The van der Waals surface area contributed by atoms with Crippen LogP contribution in [0.3, 0.4) is 0 Å². The maximum Gasteiger partial charge on any atom is 0.305 e. The molecule has 5 nitrogen and oxygen atoms in total. The molecule has 0 radical (unpaired) electrons. The van der Waals surface area contributed by atoms with Crippen LogP contribution in [0.15, 0.2) is 0 Å². The fourth-order valence-corrected chi connectivity index (χ4v) is 2.34. The first-order valence-electron chi connectivity index (χ1n) is 5.11. The highest BCUT2D eigenvalue weighted by Crippen LogP contribution is 2.43. The highest BCUT2D eigenvalue weighted by molar-refractivity contribution is 6.06. The van der Waals surface area contributed by atoms with E-state index in [9.17, 15) is 14.4 Å². The van der Waals surface area contributed by atoms with Crippen LogP contribution in [-0.4, -0.2) is 33.8 Å². The molecule has 3 unspecified atom stereocenters. The molecule has 3 atom stereocenters. The Labute approximate surface area is 87.1 Å². The average Bonchev–Trinajstić information content (AvgIpc) is 2.14. The number of carboxylic acids is 1. The number of aliphatic carboxylic acids is 1. The second-order valence-electron chi connectivity index (χ2n) is 4.28. The minimum absolute atomic E-state index is 0.159. The third-order valence-electron chi connectivity index (χ3n) is 3.29. The van der Waals surface area contributed by atoms with Gasteiger partial charge in [0.05, 0.1) is 18.3 Å². The maximum absolute atomic E-state index is 11.7. The predicted octanol–water partition coefficient (Wildman–Crippen LogP) is 0.245. The number of carboxylic acid groups (broad SMARTS) is 1. The summed E-state index contributed by atoms with van der Waals surface area (Å²) in [6.07, 6.45) is 1.37. The summed E-state index contributed by atoms with van der Waals surface area (Å²) >= 11 is 0. The van der Waals surface area contributed by atoms with Gasteiger partial charge in [-0.3, -0.25) is 19.3 Å². The normalized spacial score (nSPS) is 31.1. The molecule has 1 aliphatic heterocycles. The van der Waals surface area contributed by atoms with Crippen LogP contribution in [-0.2, 0) is 14.4 Å². The minimum Gasteiger partial charge on any atom is -0.481 e. The molecule has 1 N–H and O–H groups in total. The third-order valence-corrected chi connectivity index (χ3v) is 3.29. The van der Waals surface area contributed by atoms with E-state index >= 15 is 0 Å². The van der Waals surface area contributed by atoms with Crippen LogP contribution in [0.5, 0.6) is 0 Å². The highest BCUT2D eigenvalue weighted by Gasteiger charge is 2.53. The van der Waals surface area contributed by atoms with Crippen molar-refractivity contribution >= 4 is 17.8 Å². The van der Waals surface area contributed by atoms with Crippen LogP contribution in [0.1, 0.15) is 26.2 Å². The molecule has 2 rings (SSSR count). The molecule has 0 bridgehead atoms. The first-order chi connectivity index (χ1) is 7.02. The second-order valence-corrected chi connectivity index (χ2v) is 4.28. The molecule has 15 heavy (non-hydrogen) atoms. The molecule has 0 spiro atoms. The number of imide groups is 1. The summed E-state index contributed by atoms with van der Waals surface area (Å²) in [6.45, 7) is 1.61. The van der Waals surface area contributed by atoms with Crippen LogP contribution in [0, 0.1) is 11.8 Å². The third kappa shape index (κ3) is 1.42. The van der Waals surface area contributed by atoms with Gasteiger partial charge in [0, 0.05) is 6.04 Å². The van der Waals surface area contributed by atoms with Gasteiger partial charge in [-0.15, -0.1) is 0 Å². The highest BCUT2D eigenvalue weighted by atomic mass is 16.4. The molecule has 2 aliphatic rings. The Morgan fingerprint density at radius 1 is 1.40 bits per heavy atom. The Balaban J connectivity index is 2.11. The number of fused-ring (bicyclic) bond motifs is 1. The summed E-state index contributed by atoms with van der Waals surface area (Å²) in [5.74, 6) is -1.65. The van der Waals surface area contributed by atoms with Gasteiger partial charge in [-0.1, -0.05) is 0 Å². The van der Waals surface area contributed by atoms with E-state index in [1.165, 1.54) is 0 Å². The van der Waals surface area contributed by atoms with Crippen molar-refractivity contribution < 1.29 is 19.5 Å². The summed E-state index contributed by atoms with van der Waals surface area (Å²) < 4.78 is 0. The van der Waals surface area contributed by atoms with E-state index in [1.807, 2.05) is 0 Å². The summed E-state index contributed by atoms with van der Waals surface area (Å²) in [7, 11) is 0. The molecular formula is C10H13NO4. The molecule has 1 saturated carbocycles. The lowest BCUT2D eigenvalue weighted by atomic mass is 9.76. The van der Waals surface area contributed by atoms with Crippen molar-refractivity contribution in [2.75, 3.05) is 0 Å². The van der Waals surface area contributed by atoms with Crippen molar-refractivity contribution in [1.29, 1.82) is 0 Å². The molecule has 1 aliphatic carbocycles. The number of carbonyl (C=O) groups excluding carboxylic acids is 2. The summed E-state index contributed by atoms with van der Waals surface area (Å²) in [4.78, 5) is 35.1. The van der Waals surface area contributed by atoms with Gasteiger partial charge in [0.15, 0.2) is 0 Å². The largest absolute Gasteiger partial charge is 0.481 e. The van der Waals surface area contributed by atoms with Gasteiger partial charge in [0.1, 0.15) is 0 Å². The van der Waals surface area contributed by atoms with Gasteiger partial charge in [0.25, 0.3) is 0 Å². The molecule has 2 fully saturated rings. The number of nitrogens with zero attached hydrogens (tertiary/aromatic N) is 1. The zero-order valence-corrected chi connectivity index (χ0v) is 8.47. The van der Waals surface area contributed by atoms with E-state index < -0.39 is 12.0 Å². The molecule has 0 aromatic rings. The monoisotopic (exact) mass is 211 g/mol. The Morgan fingerprint density at radius 2 is 1.87 bits per heavy atom. The molecule has 2 amide bonds. The van der Waals surface area contributed by atoms with Crippen LogP contribution in [0.2, 0.25) is 0 Å². The van der Waals surface area contributed by atoms with Gasteiger partial charge < -0.3 is 5.11 Å². The number of hydrogen-bond acceptors (Lipinski definition) is 3. The maximum atomic E-state index is 11.7. The van der Waals surface area contributed by atoms with E-state index in [0.717, 1.165) is 17.7 Å². The minimum atomic E-state index is -0.984. The Bertz CT molecular complexity index is 316. The van der Waals surface area contributed by atoms with Crippen molar-refractivity contribution in [3.05, 3.63) is 0 Å². The van der Waals surface area contributed by atoms with Crippen molar-refractivity contribution in [3.8, 4) is 0 Å². The van der Waals surface area contributed by atoms with E-state index in [2.05, 4.69) is 0 Å². The van der Waals surface area contributed by atoms with E-state index in [-0.39, 0.29) is 30.1 Å². The fraction of sp³-hybridized carbons (Fsp3) is 0.700. The van der Waals surface area contributed by atoms with E-state index in [4.69, 9.17) is 5.11 Å². The topological polar surface area (TPSA) is 74.7 Å². The lowest BCUT2D eigenvalue weighted by Crippen LogP contribution is -2.39. The van der Waals surface area contributed by atoms with Crippen molar-refractivity contribution in [2.24, 2.45) is 11.8 Å². The van der Waals surface area contributed by atoms with Gasteiger partial charge >= 0.3 is 5.97 Å². The zero-order chi connectivity index (χ0) is 11.2. The van der Waals surface area contributed by atoms with Crippen molar-refractivity contribution in [1.82, 2.24) is 4.90 Å². The van der Waals surface area contributed by atoms with E-state index in [1.54, 1.807) is 6.92 Å². The number of rotatable bonds is 3. The Kier molecular flexibility index (Phi) is 2.25. The number of likely N-dealkylation sites (tertiary alicyclic amines) is 1. The molecule has 5 heteroatoms. The molecule has 82 valence electrons. The zero-order valence-electron chi connectivity index (χ0n) is 8.47. The molecular weight excluding hydrogens is 198 g/mol. The van der Waals surface area contributed by atoms with Crippen molar-refractivity contribution in [2.45, 2.75) is 32.2 Å². The van der Waals surface area contributed by atoms with Gasteiger partial charge in [-0.2, -0.15) is 0 Å². The number of hydrogen-bond donors (Lipinski definition) is 1. The molecule has 1 heterocycles. The number of amides is 2. The summed E-state index contributed by atoms with van der Waals surface area (Å²) in [6, 6.07) is -0.520. The SMILES string of the molecule is CC(CC(=O)O)N1C(=O)C2CCC2C1=O. The smallest absolute Gasteiger partial charge is 0.305 e. The predicted molar refractivity (Wildman–Crippen MR) is 49.8 cm³/mol. The van der Waals surface area contributed by atoms with Crippen molar-refractivity contribution in [3.63, 3.8) is 0 Å².